The minimum atomic E-state index is -0.475. The normalized spacial score (nSPS) is 21.7. The Morgan fingerprint density at radius 1 is 1.42 bits per heavy atom. The zero-order valence-corrected chi connectivity index (χ0v) is 12.4. The van der Waals surface area contributed by atoms with Crippen molar-refractivity contribution in [2.45, 2.75) is 17.0 Å². The quantitative estimate of drug-likeness (QED) is 0.842. The van der Waals surface area contributed by atoms with Gasteiger partial charge in [0.1, 0.15) is 0 Å². The van der Waals surface area contributed by atoms with Gasteiger partial charge in [-0.05, 0) is 0 Å². The Hall–Kier alpha value is -1.60. The Bertz CT molecular complexity index is 600. The Morgan fingerprint density at radius 2 is 2.32 bits per heavy atom. The fourth-order valence-corrected chi connectivity index (χ4v) is 5.91. The van der Waals surface area contributed by atoms with Crippen molar-refractivity contribution in [2.75, 3.05) is 0 Å². The van der Waals surface area contributed by atoms with Gasteiger partial charge in [0.05, 0.1) is 0 Å². The molecule has 19 heavy (non-hydrogen) atoms. The van der Waals surface area contributed by atoms with Crippen LogP contribution in [-0.4, -0.2) is 26.6 Å². The summed E-state index contributed by atoms with van der Waals surface area (Å²) in [6.45, 7) is 0. The van der Waals surface area contributed by atoms with Gasteiger partial charge in [-0.25, -0.2) is 0 Å². The molecule has 2 aromatic rings. The van der Waals surface area contributed by atoms with Crippen molar-refractivity contribution >= 4 is 26.1 Å². The van der Waals surface area contributed by atoms with E-state index in [1.165, 1.54) is 5.56 Å². The fourth-order valence-electron chi connectivity index (χ4n) is 2.65. The molecule has 95 valence electrons. The molecule has 3 atom stereocenters. The van der Waals surface area contributed by atoms with E-state index in [4.69, 9.17) is 5.73 Å². The van der Waals surface area contributed by atoms with Crippen molar-refractivity contribution in [3.8, 4) is 0 Å². The van der Waals surface area contributed by atoms with E-state index in [0.717, 1.165) is 16.5 Å². The number of fused-ring (bicyclic) bond motifs is 1. The number of amides is 1. The molecule has 1 heterocycles. The molecule has 3 unspecified atom stereocenters. The second-order valence-electron chi connectivity index (χ2n) is 4.67. The number of nitrogens with two attached hydrogens (primary N) is 1. The molecular weight excluding hydrogens is 299 g/mol. The number of benzene rings is 1. The van der Waals surface area contributed by atoms with Crippen LogP contribution in [0, 0.1) is 6.07 Å². The number of aromatic nitrogens is 1. The molecule has 0 bridgehead atoms. The van der Waals surface area contributed by atoms with Crippen LogP contribution in [0.2, 0.25) is 4.71 Å². The van der Waals surface area contributed by atoms with Crippen molar-refractivity contribution in [2.24, 2.45) is 5.73 Å². The van der Waals surface area contributed by atoms with Crippen LogP contribution in [-0.2, 0) is 11.2 Å². The molecular formula is C15H14AsN2O. The number of primary amides is 1. The average molecular weight is 313 g/mol. The summed E-state index contributed by atoms with van der Waals surface area (Å²) < 4.78 is 1.47. The molecule has 3 rings (SSSR count). The summed E-state index contributed by atoms with van der Waals surface area (Å²) in [7, 11) is 0. The van der Waals surface area contributed by atoms with Gasteiger partial charge in [-0.3, -0.25) is 0 Å². The van der Waals surface area contributed by atoms with E-state index < -0.39 is 15.8 Å². The summed E-state index contributed by atoms with van der Waals surface area (Å²) >= 11 is -0.475. The van der Waals surface area contributed by atoms with Crippen molar-refractivity contribution in [3.05, 3.63) is 59.8 Å². The SMILES string of the molecule is NC(=O)C1c2cc[c]cc2CC1[AsH]c1ccccn1. The fraction of sp³-hybridized carbons (Fsp3) is 0.200. The van der Waals surface area contributed by atoms with Crippen LogP contribution >= 0.6 is 0 Å². The molecule has 0 saturated carbocycles. The number of carbonyl (C=O) groups excluding carboxylic acids is 1. The summed E-state index contributed by atoms with van der Waals surface area (Å²) in [5.74, 6) is -0.360. The van der Waals surface area contributed by atoms with Gasteiger partial charge in [-0.1, -0.05) is 0 Å². The molecule has 1 amide bonds. The molecule has 2 N–H and O–H groups in total. The van der Waals surface area contributed by atoms with Crippen molar-refractivity contribution in [1.82, 2.24) is 4.98 Å². The van der Waals surface area contributed by atoms with Crippen molar-refractivity contribution in [1.29, 1.82) is 0 Å². The van der Waals surface area contributed by atoms with Gasteiger partial charge in [-0.15, -0.1) is 0 Å². The number of hydrogen-bond donors (Lipinski definition) is 1. The molecule has 3 nitrogen and oxygen atoms in total. The average Bonchev–Trinajstić information content (AvgIpc) is 2.77. The number of hydrogen-bond acceptors (Lipinski definition) is 2. The number of carbonyl (C=O) groups is 1. The van der Waals surface area contributed by atoms with Gasteiger partial charge >= 0.3 is 118 Å². The Balaban J connectivity index is 1.89. The van der Waals surface area contributed by atoms with Gasteiger partial charge in [0.25, 0.3) is 0 Å². The van der Waals surface area contributed by atoms with E-state index in [-0.39, 0.29) is 11.8 Å². The van der Waals surface area contributed by atoms with Crippen LogP contribution in [0.15, 0.2) is 42.6 Å². The Morgan fingerprint density at radius 3 is 3.05 bits per heavy atom. The van der Waals surface area contributed by atoms with Gasteiger partial charge in [0.2, 0.25) is 0 Å². The van der Waals surface area contributed by atoms with Crippen molar-refractivity contribution < 1.29 is 4.79 Å². The molecule has 0 fully saturated rings. The zero-order chi connectivity index (χ0) is 13.2. The summed E-state index contributed by atoms with van der Waals surface area (Å²) in [5.41, 5.74) is 7.92. The number of pyridine rings is 1. The molecule has 0 saturated heterocycles. The van der Waals surface area contributed by atoms with E-state index in [9.17, 15) is 4.79 Å². The summed E-state index contributed by atoms with van der Waals surface area (Å²) in [5, 5.41) is 0. The maximum absolute atomic E-state index is 11.8. The van der Waals surface area contributed by atoms with E-state index in [1.54, 1.807) is 0 Å². The second-order valence-corrected chi connectivity index (χ2v) is 7.91. The van der Waals surface area contributed by atoms with E-state index in [0.29, 0.717) is 4.71 Å². The van der Waals surface area contributed by atoms with Crippen LogP contribution in [0.4, 0.5) is 0 Å². The summed E-state index contributed by atoms with van der Waals surface area (Å²) in [4.78, 5) is 16.2. The topological polar surface area (TPSA) is 56.0 Å². The van der Waals surface area contributed by atoms with Crippen LogP contribution in [0.1, 0.15) is 17.0 Å². The first-order valence-corrected chi connectivity index (χ1v) is 8.47. The van der Waals surface area contributed by atoms with Crippen LogP contribution in [0.3, 0.4) is 0 Å². The third-order valence-electron chi connectivity index (χ3n) is 3.47. The molecule has 0 aliphatic heterocycles. The number of nitrogens with zero attached hydrogens (tertiary/aromatic N) is 1. The summed E-state index contributed by atoms with van der Waals surface area (Å²) in [6, 6.07) is 14.9. The van der Waals surface area contributed by atoms with E-state index in [2.05, 4.69) is 11.1 Å². The Labute approximate surface area is 118 Å². The third-order valence-corrected chi connectivity index (χ3v) is 6.62. The molecule has 4 heteroatoms. The minimum absolute atomic E-state index is 0.147. The summed E-state index contributed by atoms with van der Waals surface area (Å²) in [6.07, 6.45) is 2.74. The predicted molar refractivity (Wildman–Crippen MR) is 75.7 cm³/mol. The van der Waals surface area contributed by atoms with E-state index >= 15 is 0 Å². The predicted octanol–water partition coefficient (Wildman–Crippen LogP) is 0.557. The maximum atomic E-state index is 11.8. The molecule has 1 aliphatic carbocycles. The third kappa shape index (κ3) is 2.43. The van der Waals surface area contributed by atoms with Crippen LogP contribution in [0.25, 0.3) is 0 Å². The molecule has 1 radical (unpaired) electrons. The van der Waals surface area contributed by atoms with E-state index in [1.807, 2.05) is 42.6 Å². The standard InChI is InChI=1S/C15H14AsN2O/c17-15(19)14-11-6-2-1-5-10(11)9-12(14)16-13-7-3-4-8-18-13/h2-8,12,14,16H,9H2,(H2,17,19). The zero-order valence-electron chi connectivity index (χ0n) is 10.3. The van der Waals surface area contributed by atoms with Crippen molar-refractivity contribution in [3.63, 3.8) is 0 Å². The monoisotopic (exact) mass is 313 g/mol. The first-order valence-electron chi connectivity index (χ1n) is 6.21. The van der Waals surface area contributed by atoms with Gasteiger partial charge in [0.15, 0.2) is 0 Å². The van der Waals surface area contributed by atoms with Crippen LogP contribution < -0.4 is 10.2 Å². The molecule has 0 spiro atoms. The Kier molecular flexibility index (Phi) is 3.39. The molecule has 1 aromatic carbocycles. The van der Waals surface area contributed by atoms with Crippen LogP contribution in [0.5, 0.6) is 0 Å². The van der Waals surface area contributed by atoms with Gasteiger partial charge in [-0.2, -0.15) is 0 Å². The first-order chi connectivity index (χ1) is 9.25. The first kappa shape index (κ1) is 12.4. The van der Waals surface area contributed by atoms with Gasteiger partial charge in [0, 0.05) is 0 Å². The van der Waals surface area contributed by atoms with Gasteiger partial charge < -0.3 is 0 Å². The number of rotatable bonds is 3. The molecule has 1 aliphatic rings. The molecule has 1 aromatic heterocycles. The second kappa shape index (κ2) is 5.18.